The molecule has 0 heterocycles. The van der Waals surface area contributed by atoms with Gasteiger partial charge < -0.3 is 48.2 Å². The van der Waals surface area contributed by atoms with Crippen molar-refractivity contribution in [1.29, 1.82) is 0 Å². The molecule has 108 valence electrons. The fourth-order valence-electron chi connectivity index (χ4n) is 0. The Morgan fingerprint density at radius 3 is 0.500 bits per heavy atom. The van der Waals surface area contributed by atoms with Crippen LogP contribution in [0.4, 0.5) is 0 Å². The molecule has 0 saturated heterocycles. The minimum absolute atomic E-state index is 0. The van der Waals surface area contributed by atoms with E-state index in [0.717, 1.165) is 0 Å². The SMILES string of the molecule is O.O.O.O.O.O.O=CO.O=CO.O=CO.[Cr]. The molecule has 0 aromatic rings. The summed E-state index contributed by atoms with van der Waals surface area (Å²) in [5.74, 6) is 0. The summed E-state index contributed by atoms with van der Waals surface area (Å²) in [4.78, 5) is 25.1. The van der Waals surface area contributed by atoms with E-state index < -0.39 is 0 Å². The first kappa shape index (κ1) is 125. The smallest absolute Gasteiger partial charge is 0.290 e. The second-order valence-electron chi connectivity index (χ2n) is 0.316. The molecule has 0 fully saturated rings. The van der Waals surface area contributed by atoms with Crippen LogP contribution in [0.5, 0.6) is 0 Å². The molecule has 0 aliphatic carbocycles. The molecule has 0 aliphatic heterocycles. The minimum atomic E-state index is -0.250. The molecule has 0 aromatic heterocycles. The molecule has 15 N–H and O–H groups in total. The van der Waals surface area contributed by atoms with Crippen molar-refractivity contribution in [2.75, 3.05) is 0 Å². The van der Waals surface area contributed by atoms with Gasteiger partial charge in [0, 0.05) is 17.4 Å². The van der Waals surface area contributed by atoms with Gasteiger partial charge in [-0.2, -0.15) is 0 Å². The van der Waals surface area contributed by atoms with Crippen molar-refractivity contribution in [3.63, 3.8) is 0 Å². The normalized spacial score (nSPS) is 2.25. The summed E-state index contributed by atoms with van der Waals surface area (Å²) in [5.41, 5.74) is 0. The zero-order valence-electron chi connectivity index (χ0n) is 7.71. The number of carboxylic acid groups (broad SMARTS) is 3. The number of carbonyl (C=O) groups is 3. The van der Waals surface area contributed by atoms with E-state index in [9.17, 15) is 0 Å². The van der Waals surface area contributed by atoms with Crippen LogP contribution in [0.2, 0.25) is 0 Å². The van der Waals surface area contributed by atoms with Crippen molar-refractivity contribution in [2.24, 2.45) is 0 Å². The van der Waals surface area contributed by atoms with Gasteiger partial charge >= 0.3 is 0 Å². The van der Waals surface area contributed by atoms with Gasteiger partial charge in [-0.3, -0.25) is 14.4 Å². The molecule has 0 saturated carbocycles. The van der Waals surface area contributed by atoms with Crippen LogP contribution in [0.3, 0.4) is 0 Å². The standard InChI is InChI=1S/3CH2O2.Cr.6H2O/c3*2-1-3;;;;;;;/h3*1H,(H,2,3);;6*1H2. The predicted molar refractivity (Wildman–Crippen MR) is 47.8 cm³/mol. The molecule has 0 amide bonds. The van der Waals surface area contributed by atoms with Crippen molar-refractivity contribution in [2.45, 2.75) is 0 Å². The van der Waals surface area contributed by atoms with E-state index in [-0.39, 0.29) is 69.6 Å². The monoisotopic (exact) mass is 298 g/mol. The summed E-state index contributed by atoms with van der Waals surface area (Å²) in [6.07, 6.45) is 0. The van der Waals surface area contributed by atoms with Gasteiger partial charge in [-0.25, -0.2) is 0 Å². The van der Waals surface area contributed by atoms with Gasteiger partial charge in [-0.1, -0.05) is 0 Å². The second-order valence-corrected chi connectivity index (χ2v) is 0.316. The van der Waals surface area contributed by atoms with Crippen molar-refractivity contribution < 1.29 is 79.9 Å². The van der Waals surface area contributed by atoms with Gasteiger partial charge in [0.15, 0.2) is 0 Å². The van der Waals surface area contributed by atoms with Gasteiger partial charge in [-0.15, -0.1) is 0 Å². The first-order valence-electron chi connectivity index (χ1n) is 1.48. The third kappa shape index (κ3) is 1030. The third-order valence-corrected chi connectivity index (χ3v) is 0. The molecular weight excluding hydrogens is 280 g/mol. The van der Waals surface area contributed by atoms with Crippen molar-refractivity contribution >= 4 is 19.4 Å². The van der Waals surface area contributed by atoms with E-state index in [1.54, 1.807) is 0 Å². The zero-order valence-corrected chi connectivity index (χ0v) is 8.98. The van der Waals surface area contributed by atoms with Gasteiger partial charge in [0.1, 0.15) is 0 Å². The summed E-state index contributed by atoms with van der Waals surface area (Å²) < 4.78 is 0. The van der Waals surface area contributed by atoms with E-state index in [2.05, 4.69) is 0 Å². The molecule has 0 aromatic carbocycles. The number of hydrogen-bond donors (Lipinski definition) is 3. The number of hydrogen-bond acceptors (Lipinski definition) is 3. The topological polar surface area (TPSA) is 301 Å². The first-order valence-corrected chi connectivity index (χ1v) is 1.48. The van der Waals surface area contributed by atoms with Crippen molar-refractivity contribution in [1.82, 2.24) is 0 Å². The van der Waals surface area contributed by atoms with Crippen LogP contribution in [-0.4, -0.2) is 67.6 Å². The predicted octanol–water partition coefficient (Wildman–Crippen LogP) is -5.85. The summed E-state index contributed by atoms with van der Waals surface area (Å²) >= 11 is 0. The molecule has 0 atom stereocenters. The van der Waals surface area contributed by atoms with Gasteiger partial charge in [0.2, 0.25) is 0 Å². The molecule has 0 aliphatic rings. The molecular formula is C3H18CrO12. The first-order chi connectivity index (χ1) is 4.24. The quantitative estimate of drug-likeness (QED) is 0.365. The molecule has 0 radical (unpaired) electrons. The van der Waals surface area contributed by atoms with Crippen LogP contribution < -0.4 is 0 Å². The Bertz CT molecular complexity index is 53.0. The Hall–Kier alpha value is -1.30. The number of rotatable bonds is 0. The summed E-state index contributed by atoms with van der Waals surface area (Å²) in [5, 5.41) is 20.7. The summed E-state index contributed by atoms with van der Waals surface area (Å²) in [6, 6.07) is 0. The fourth-order valence-corrected chi connectivity index (χ4v) is 0. The maximum atomic E-state index is 8.36. The Labute approximate surface area is 100 Å². The molecule has 0 unspecified atom stereocenters. The fraction of sp³-hybridized carbons (Fsp3) is 0. The van der Waals surface area contributed by atoms with Gasteiger partial charge in [0.25, 0.3) is 19.4 Å². The Morgan fingerprint density at radius 2 is 0.500 bits per heavy atom. The molecule has 13 heteroatoms. The second kappa shape index (κ2) is 763. The van der Waals surface area contributed by atoms with E-state index in [1.807, 2.05) is 0 Å². The molecule has 0 spiro atoms. The summed E-state index contributed by atoms with van der Waals surface area (Å²) in [6.45, 7) is -0.750. The van der Waals surface area contributed by atoms with E-state index in [0.29, 0.717) is 0 Å². The Morgan fingerprint density at radius 1 is 0.500 bits per heavy atom. The van der Waals surface area contributed by atoms with Crippen LogP contribution in [0.15, 0.2) is 0 Å². The molecule has 16 heavy (non-hydrogen) atoms. The summed E-state index contributed by atoms with van der Waals surface area (Å²) in [7, 11) is 0. The maximum Gasteiger partial charge on any atom is 0.290 e. The van der Waals surface area contributed by atoms with Crippen LogP contribution in [-0.2, 0) is 31.7 Å². The van der Waals surface area contributed by atoms with Crippen LogP contribution in [0, 0.1) is 0 Å². The molecule has 12 nitrogen and oxygen atoms in total. The average Bonchev–Trinajstić information content (AvgIpc) is 1.70. The Balaban J connectivity index is -0.00000000346. The third-order valence-electron chi connectivity index (χ3n) is 0. The van der Waals surface area contributed by atoms with Crippen molar-refractivity contribution in [3.8, 4) is 0 Å². The van der Waals surface area contributed by atoms with Crippen LogP contribution in [0.1, 0.15) is 0 Å². The van der Waals surface area contributed by atoms with E-state index >= 15 is 0 Å². The van der Waals surface area contributed by atoms with E-state index in [1.165, 1.54) is 0 Å². The zero-order chi connectivity index (χ0) is 8.12. The Kier molecular flexibility index (Phi) is 5950. The largest absolute Gasteiger partial charge is 0.483 e. The minimum Gasteiger partial charge on any atom is -0.483 e. The molecule has 0 bridgehead atoms. The molecule has 0 rings (SSSR count). The van der Waals surface area contributed by atoms with Crippen molar-refractivity contribution in [3.05, 3.63) is 0 Å². The van der Waals surface area contributed by atoms with E-state index in [4.69, 9.17) is 29.7 Å². The maximum absolute atomic E-state index is 8.36. The van der Waals surface area contributed by atoms with Crippen LogP contribution in [0.25, 0.3) is 0 Å². The van der Waals surface area contributed by atoms with Gasteiger partial charge in [-0.05, 0) is 0 Å². The van der Waals surface area contributed by atoms with Gasteiger partial charge in [0.05, 0.1) is 0 Å². The van der Waals surface area contributed by atoms with Crippen LogP contribution >= 0.6 is 0 Å². The average molecular weight is 298 g/mol.